The zero-order valence-electron chi connectivity index (χ0n) is 17.6. The van der Waals surface area contributed by atoms with Crippen LogP contribution in [0.15, 0.2) is 58.2 Å². The van der Waals surface area contributed by atoms with Gasteiger partial charge in [-0.25, -0.2) is 0 Å². The summed E-state index contributed by atoms with van der Waals surface area (Å²) in [5.41, 5.74) is 1.87. The molecule has 8 nitrogen and oxygen atoms in total. The molecule has 0 saturated heterocycles. The lowest BCUT2D eigenvalue weighted by Crippen LogP contribution is -2.01. The molecule has 0 bridgehead atoms. The molecule has 2 aromatic heterocycles. The van der Waals surface area contributed by atoms with Crippen molar-refractivity contribution >= 4 is 11.8 Å². The van der Waals surface area contributed by atoms with Gasteiger partial charge in [0.25, 0.3) is 0 Å². The first-order valence-corrected chi connectivity index (χ1v) is 11.0. The first-order valence-electron chi connectivity index (χ1n) is 9.99. The van der Waals surface area contributed by atoms with Gasteiger partial charge in [0.15, 0.2) is 16.8 Å². The molecule has 0 aliphatic carbocycles. The summed E-state index contributed by atoms with van der Waals surface area (Å²) in [6, 6.07) is 15.6. The molecule has 0 saturated carbocycles. The minimum absolute atomic E-state index is 0.529. The highest BCUT2D eigenvalue weighted by atomic mass is 32.2. The first-order chi connectivity index (χ1) is 15.2. The van der Waals surface area contributed by atoms with Crippen molar-refractivity contribution in [1.29, 1.82) is 0 Å². The maximum Gasteiger partial charge on any atom is 0.226 e. The Bertz CT molecular complexity index is 1120. The lowest BCUT2D eigenvalue weighted by atomic mass is 10.2. The first kappa shape index (κ1) is 20.9. The molecule has 4 rings (SSSR count). The van der Waals surface area contributed by atoms with E-state index in [2.05, 4.69) is 20.3 Å². The van der Waals surface area contributed by atoms with Crippen LogP contribution in [0.2, 0.25) is 0 Å². The Hall–Kier alpha value is -3.33. The fourth-order valence-corrected chi connectivity index (χ4v) is 3.80. The standard InChI is InChI=1S/C22H23N5O3S/c1-4-20-23-19(26-30-20)14-31-22-25-24-21(15-6-10-17(28-3)11-7-15)27(22)16-8-12-18(13-9-16)29-5-2/h6-13H,4-5,14H2,1-3H3. The number of rotatable bonds is 9. The van der Waals surface area contributed by atoms with Crippen molar-refractivity contribution in [2.45, 2.75) is 31.2 Å². The number of hydrogen-bond acceptors (Lipinski definition) is 8. The zero-order valence-corrected chi connectivity index (χ0v) is 18.4. The largest absolute Gasteiger partial charge is 0.497 e. The molecule has 0 radical (unpaired) electrons. The van der Waals surface area contributed by atoms with Crippen molar-refractivity contribution in [1.82, 2.24) is 24.9 Å². The van der Waals surface area contributed by atoms with Gasteiger partial charge in [-0.05, 0) is 55.5 Å². The van der Waals surface area contributed by atoms with Crippen molar-refractivity contribution in [2.24, 2.45) is 0 Å². The van der Waals surface area contributed by atoms with E-state index in [0.717, 1.165) is 33.7 Å². The molecule has 0 N–H and O–H groups in total. The topological polar surface area (TPSA) is 88.1 Å². The Morgan fingerprint density at radius 2 is 1.71 bits per heavy atom. The number of methoxy groups -OCH3 is 1. The third-order valence-corrected chi connectivity index (χ3v) is 5.46. The van der Waals surface area contributed by atoms with Gasteiger partial charge in [-0.1, -0.05) is 23.8 Å². The molecule has 0 spiro atoms. The van der Waals surface area contributed by atoms with E-state index in [0.29, 0.717) is 30.5 Å². The molecular formula is C22H23N5O3S. The summed E-state index contributed by atoms with van der Waals surface area (Å²) >= 11 is 1.50. The minimum atomic E-state index is 0.529. The molecule has 4 aromatic rings. The highest BCUT2D eigenvalue weighted by molar-refractivity contribution is 7.98. The second-order valence-electron chi connectivity index (χ2n) is 6.54. The average Bonchev–Trinajstić information content (AvgIpc) is 3.45. The van der Waals surface area contributed by atoms with Crippen molar-refractivity contribution < 1.29 is 14.0 Å². The minimum Gasteiger partial charge on any atom is -0.497 e. The molecule has 31 heavy (non-hydrogen) atoms. The van der Waals surface area contributed by atoms with Crippen molar-refractivity contribution in [2.75, 3.05) is 13.7 Å². The van der Waals surface area contributed by atoms with Crippen LogP contribution in [0, 0.1) is 0 Å². The Morgan fingerprint density at radius 1 is 0.968 bits per heavy atom. The Kier molecular flexibility index (Phi) is 6.51. The van der Waals surface area contributed by atoms with E-state index in [4.69, 9.17) is 14.0 Å². The Morgan fingerprint density at radius 3 is 2.35 bits per heavy atom. The number of aryl methyl sites for hydroxylation is 1. The Balaban J connectivity index is 1.69. The summed E-state index contributed by atoms with van der Waals surface area (Å²) in [5, 5.41) is 13.7. The molecule has 2 aromatic carbocycles. The van der Waals surface area contributed by atoms with E-state index in [1.165, 1.54) is 11.8 Å². The van der Waals surface area contributed by atoms with Gasteiger partial charge >= 0.3 is 0 Å². The smallest absolute Gasteiger partial charge is 0.226 e. The maximum absolute atomic E-state index is 5.58. The van der Waals surface area contributed by atoms with Crippen molar-refractivity contribution in [3.63, 3.8) is 0 Å². The van der Waals surface area contributed by atoms with E-state index in [-0.39, 0.29) is 0 Å². The van der Waals surface area contributed by atoms with Gasteiger partial charge in [0.05, 0.1) is 19.5 Å². The van der Waals surface area contributed by atoms with Crippen molar-refractivity contribution in [3.8, 4) is 28.6 Å². The molecule has 0 aliphatic rings. The summed E-state index contributed by atoms with van der Waals surface area (Å²) in [7, 11) is 1.65. The van der Waals surface area contributed by atoms with Crippen LogP contribution < -0.4 is 9.47 Å². The second kappa shape index (κ2) is 9.65. The van der Waals surface area contributed by atoms with Gasteiger partial charge in [0.1, 0.15) is 11.5 Å². The van der Waals surface area contributed by atoms with Crippen LogP contribution in [0.3, 0.4) is 0 Å². The SMILES string of the molecule is CCOc1ccc(-n2c(SCc3noc(CC)n3)nnc2-c2ccc(OC)cc2)cc1. The zero-order chi connectivity index (χ0) is 21.6. The highest BCUT2D eigenvalue weighted by Gasteiger charge is 2.17. The summed E-state index contributed by atoms with van der Waals surface area (Å²) in [6.45, 7) is 4.56. The fraction of sp³-hybridized carbons (Fsp3) is 0.273. The molecule has 0 fully saturated rings. The molecule has 0 aliphatic heterocycles. The predicted octanol–water partition coefficient (Wildman–Crippen LogP) is 4.58. The van der Waals surface area contributed by atoms with Gasteiger partial charge < -0.3 is 14.0 Å². The summed E-state index contributed by atoms with van der Waals surface area (Å²) in [6.07, 6.45) is 0.710. The monoisotopic (exact) mass is 437 g/mol. The van der Waals surface area contributed by atoms with Gasteiger partial charge in [-0.2, -0.15) is 4.98 Å². The lowest BCUT2D eigenvalue weighted by molar-refractivity contribution is 0.340. The van der Waals surface area contributed by atoms with E-state index in [9.17, 15) is 0 Å². The highest BCUT2D eigenvalue weighted by Crippen LogP contribution is 2.31. The third-order valence-electron chi connectivity index (χ3n) is 4.53. The molecular weight excluding hydrogens is 414 g/mol. The van der Waals surface area contributed by atoms with Crippen molar-refractivity contribution in [3.05, 3.63) is 60.2 Å². The van der Waals surface area contributed by atoms with Crippen LogP contribution in [-0.2, 0) is 12.2 Å². The van der Waals surface area contributed by atoms with Gasteiger partial charge in [0.2, 0.25) is 5.89 Å². The predicted molar refractivity (Wildman–Crippen MR) is 118 cm³/mol. The molecule has 9 heteroatoms. The third kappa shape index (κ3) is 4.72. The molecule has 160 valence electrons. The van der Waals surface area contributed by atoms with Gasteiger partial charge in [0, 0.05) is 17.7 Å². The van der Waals surface area contributed by atoms with Gasteiger partial charge in [-0.15, -0.1) is 10.2 Å². The normalized spacial score (nSPS) is 10.9. The summed E-state index contributed by atoms with van der Waals surface area (Å²) in [4.78, 5) is 4.38. The van der Waals surface area contributed by atoms with E-state index >= 15 is 0 Å². The number of benzene rings is 2. The van der Waals surface area contributed by atoms with Crippen LogP contribution in [0.25, 0.3) is 17.1 Å². The van der Waals surface area contributed by atoms with E-state index in [1.54, 1.807) is 7.11 Å². The molecule has 2 heterocycles. The number of hydrogen-bond donors (Lipinski definition) is 0. The van der Waals surface area contributed by atoms with Crippen LogP contribution in [0.4, 0.5) is 0 Å². The maximum atomic E-state index is 5.58. The molecule has 0 amide bonds. The molecule has 0 atom stereocenters. The van der Waals surface area contributed by atoms with Crippen LogP contribution in [0.1, 0.15) is 25.6 Å². The van der Waals surface area contributed by atoms with E-state index < -0.39 is 0 Å². The van der Waals surface area contributed by atoms with Gasteiger partial charge in [-0.3, -0.25) is 4.57 Å². The van der Waals surface area contributed by atoms with E-state index in [1.807, 2.05) is 66.9 Å². The second-order valence-corrected chi connectivity index (χ2v) is 7.49. The summed E-state index contributed by atoms with van der Waals surface area (Å²) in [5.74, 6) is 4.13. The Labute approximate surface area is 184 Å². The quantitative estimate of drug-likeness (QED) is 0.352. The number of thioether (sulfide) groups is 1. The summed E-state index contributed by atoms with van der Waals surface area (Å²) < 4.78 is 18.1. The average molecular weight is 438 g/mol. The van der Waals surface area contributed by atoms with Crippen LogP contribution in [-0.4, -0.2) is 38.6 Å². The number of ether oxygens (including phenoxy) is 2. The number of aromatic nitrogens is 5. The fourth-order valence-electron chi connectivity index (χ4n) is 3.00. The number of nitrogens with zero attached hydrogens (tertiary/aromatic N) is 5. The molecule has 0 unspecified atom stereocenters. The van der Waals surface area contributed by atoms with Crippen LogP contribution >= 0.6 is 11.8 Å². The lowest BCUT2D eigenvalue weighted by Gasteiger charge is -2.11. The van der Waals surface area contributed by atoms with Crippen LogP contribution in [0.5, 0.6) is 11.5 Å².